The molecule has 0 aliphatic carbocycles. The van der Waals surface area contributed by atoms with Crippen LogP contribution in [-0.4, -0.2) is 19.5 Å². The predicted octanol–water partition coefficient (Wildman–Crippen LogP) is 2.52. The van der Waals surface area contributed by atoms with E-state index in [-0.39, 0.29) is 6.29 Å². The summed E-state index contributed by atoms with van der Waals surface area (Å²) in [5.74, 6) is 0. The van der Waals surface area contributed by atoms with E-state index < -0.39 is 0 Å². The normalized spacial score (nSPS) is 10.2. The molecule has 2 heteroatoms. The summed E-state index contributed by atoms with van der Waals surface area (Å²) in [6, 6.07) is 0. The smallest absolute Gasteiger partial charge is 0.154 e. The van der Waals surface area contributed by atoms with Crippen molar-refractivity contribution in [2.75, 3.05) is 13.2 Å². The molecule has 0 aliphatic heterocycles. The molecule has 0 amide bonds. The Kier molecular flexibility index (Phi) is 8.07. The third-order valence-corrected chi connectivity index (χ3v) is 1.35. The van der Waals surface area contributed by atoms with Gasteiger partial charge in [0.2, 0.25) is 0 Å². The summed E-state index contributed by atoms with van der Waals surface area (Å²) in [5.41, 5.74) is 0. The zero-order valence-corrected chi connectivity index (χ0v) is 7.79. The standard InChI is InChI=1S/C10H18O2/c1-4-6-8-11-10(3)12-9-7-5-2/h4-5,10H,1-2,6-9H2,3H3. The maximum Gasteiger partial charge on any atom is 0.154 e. The highest BCUT2D eigenvalue weighted by Crippen LogP contribution is 1.96. The van der Waals surface area contributed by atoms with E-state index in [9.17, 15) is 0 Å². The number of hydrogen-bond acceptors (Lipinski definition) is 2. The van der Waals surface area contributed by atoms with Gasteiger partial charge in [-0.3, -0.25) is 0 Å². The molecule has 0 aliphatic rings. The van der Waals surface area contributed by atoms with E-state index in [2.05, 4.69) is 13.2 Å². The molecule has 0 saturated carbocycles. The van der Waals surface area contributed by atoms with Gasteiger partial charge in [-0.2, -0.15) is 0 Å². The Labute approximate surface area is 74.9 Å². The second-order valence-corrected chi connectivity index (χ2v) is 2.46. The van der Waals surface area contributed by atoms with Gasteiger partial charge in [-0.25, -0.2) is 0 Å². The Hall–Kier alpha value is -0.600. The molecule has 0 spiro atoms. The van der Waals surface area contributed by atoms with Crippen molar-refractivity contribution < 1.29 is 9.47 Å². The van der Waals surface area contributed by atoms with E-state index in [1.165, 1.54) is 0 Å². The molecule has 0 fully saturated rings. The van der Waals surface area contributed by atoms with Crippen LogP contribution in [-0.2, 0) is 9.47 Å². The van der Waals surface area contributed by atoms with E-state index in [1.54, 1.807) is 0 Å². The predicted molar refractivity (Wildman–Crippen MR) is 51.0 cm³/mol. The molecule has 0 radical (unpaired) electrons. The fourth-order valence-corrected chi connectivity index (χ4v) is 0.683. The van der Waals surface area contributed by atoms with Gasteiger partial charge >= 0.3 is 0 Å². The molecule has 0 aromatic rings. The highest BCUT2D eigenvalue weighted by molar-refractivity contribution is 4.65. The van der Waals surface area contributed by atoms with Gasteiger partial charge in [0.15, 0.2) is 6.29 Å². The van der Waals surface area contributed by atoms with Crippen LogP contribution < -0.4 is 0 Å². The number of rotatable bonds is 8. The zero-order valence-electron chi connectivity index (χ0n) is 7.79. The average Bonchev–Trinajstić information content (AvgIpc) is 2.06. The maximum atomic E-state index is 5.30. The third-order valence-electron chi connectivity index (χ3n) is 1.35. The number of hydrogen-bond donors (Lipinski definition) is 0. The minimum absolute atomic E-state index is 0.120. The Morgan fingerprint density at radius 3 is 1.83 bits per heavy atom. The molecule has 0 unspecified atom stereocenters. The molecule has 0 atom stereocenters. The van der Waals surface area contributed by atoms with Crippen LogP contribution in [0.5, 0.6) is 0 Å². The molecule has 12 heavy (non-hydrogen) atoms. The molecule has 0 rings (SSSR count). The summed E-state index contributed by atoms with van der Waals surface area (Å²) in [5, 5.41) is 0. The molecule has 0 bridgehead atoms. The monoisotopic (exact) mass is 170 g/mol. The first-order valence-electron chi connectivity index (χ1n) is 4.26. The highest BCUT2D eigenvalue weighted by Gasteiger charge is 1.98. The Morgan fingerprint density at radius 1 is 1.08 bits per heavy atom. The largest absolute Gasteiger partial charge is 0.353 e. The summed E-state index contributed by atoms with van der Waals surface area (Å²) in [6.45, 7) is 10.5. The van der Waals surface area contributed by atoms with Crippen LogP contribution in [0.25, 0.3) is 0 Å². The lowest BCUT2D eigenvalue weighted by atomic mass is 10.4. The van der Waals surface area contributed by atoms with E-state index in [0.29, 0.717) is 13.2 Å². The van der Waals surface area contributed by atoms with Gasteiger partial charge < -0.3 is 9.47 Å². The molecule has 0 aromatic heterocycles. The van der Waals surface area contributed by atoms with Crippen molar-refractivity contribution in [2.45, 2.75) is 26.1 Å². The SMILES string of the molecule is C=CCCOC(C)OCCC=C. The Bertz CT molecular complexity index is 107. The van der Waals surface area contributed by atoms with Crippen LogP contribution in [0.2, 0.25) is 0 Å². The summed E-state index contributed by atoms with van der Waals surface area (Å²) >= 11 is 0. The highest BCUT2D eigenvalue weighted by atomic mass is 16.7. The first-order chi connectivity index (χ1) is 5.81. The minimum atomic E-state index is -0.120. The van der Waals surface area contributed by atoms with E-state index in [1.807, 2.05) is 19.1 Å². The van der Waals surface area contributed by atoms with Gasteiger partial charge in [-0.05, 0) is 19.8 Å². The zero-order chi connectivity index (χ0) is 9.23. The first kappa shape index (κ1) is 11.4. The Balaban J connectivity index is 3.14. The maximum absolute atomic E-state index is 5.30. The summed E-state index contributed by atoms with van der Waals surface area (Å²) in [4.78, 5) is 0. The first-order valence-corrected chi connectivity index (χ1v) is 4.26. The average molecular weight is 170 g/mol. The van der Waals surface area contributed by atoms with Crippen LogP contribution in [0.1, 0.15) is 19.8 Å². The fraction of sp³-hybridized carbons (Fsp3) is 0.600. The summed E-state index contributed by atoms with van der Waals surface area (Å²) in [6.07, 6.45) is 5.28. The van der Waals surface area contributed by atoms with Crippen molar-refractivity contribution in [2.24, 2.45) is 0 Å². The van der Waals surface area contributed by atoms with Gasteiger partial charge in [0.1, 0.15) is 0 Å². The van der Waals surface area contributed by atoms with E-state index >= 15 is 0 Å². The number of ether oxygens (including phenoxy) is 2. The van der Waals surface area contributed by atoms with E-state index in [0.717, 1.165) is 12.8 Å². The lowest BCUT2D eigenvalue weighted by molar-refractivity contribution is -0.128. The Morgan fingerprint density at radius 2 is 1.50 bits per heavy atom. The topological polar surface area (TPSA) is 18.5 Å². The third kappa shape index (κ3) is 7.51. The minimum Gasteiger partial charge on any atom is -0.353 e. The molecule has 70 valence electrons. The van der Waals surface area contributed by atoms with E-state index in [4.69, 9.17) is 9.47 Å². The lowest BCUT2D eigenvalue weighted by Gasteiger charge is -2.12. The van der Waals surface area contributed by atoms with Gasteiger partial charge in [0.25, 0.3) is 0 Å². The molecular formula is C10H18O2. The van der Waals surface area contributed by atoms with Crippen molar-refractivity contribution in [3.8, 4) is 0 Å². The van der Waals surface area contributed by atoms with Crippen LogP contribution in [0.15, 0.2) is 25.3 Å². The molecule has 2 nitrogen and oxygen atoms in total. The van der Waals surface area contributed by atoms with Gasteiger partial charge in [0.05, 0.1) is 13.2 Å². The molecule has 0 heterocycles. The van der Waals surface area contributed by atoms with Crippen LogP contribution in [0.3, 0.4) is 0 Å². The van der Waals surface area contributed by atoms with Crippen molar-refractivity contribution in [1.82, 2.24) is 0 Å². The quantitative estimate of drug-likeness (QED) is 0.316. The van der Waals surface area contributed by atoms with Crippen LogP contribution in [0.4, 0.5) is 0 Å². The summed E-state index contributed by atoms with van der Waals surface area (Å²) in [7, 11) is 0. The van der Waals surface area contributed by atoms with Crippen molar-refractivity contribution in [1.29, 1.82) is 0 Å². The van der Waals surface area contributed by atoms with Crippen molar-refractivity contribution in [3.05, 3.63) is 25.3 Å². The van der Waals surface area contributed by atoms with Crippen molar-refractivity contribution >= 4 is 0 Å². The van der Waals surface area contributed by atoms with Crippen LogP contribution in [0, 0.1) is 0 Å². The molecule has 0 N–H and O–H groups in total. The second kappa shape index (κ2) is 8.50. The van der Waals surface area contributed by atoms with Gasteiger partial charge in [-0.15, -0.1) is 13.2 Å². The molecular weight excluding hydrogens is 152 g/mol. The van der Waals surface area contributed by atoms with Crippen LogP contribution >= 0.6 is 0 Å². The molecule has 0 saturated heterocycles. The van der Waals surface area contributed by atoms with Crippen molar-refractivity contribution in [3.63, 3.8) is 0 Å². The lowest BCUT2D eigenvalue weighted by Crippen LogP contribution is -2.13. The van der Waals surface area contributed by atoms with Gasteiger partial charge in [-0.1, -0.05) is 12.2 Å². The fourth-order valence-electron chi connectivity index (χ4n) is 0.683. The van der Waals surface area contributed by atoms with Gasteiger partial charge in [0, 0.05) is 0 Å². The summed E-state index contributed by atoms with van der Waals surface area (Å²) < 4.78 is 10.6. The second-order valence-electron chi connectivity index (χ2n) is 2.46. The molecule has 0 aromatic carbocycles.